The minimum absolute atomic E-state index is 0.0944. The van der Waals surface area contributed by atoms with E-state index in [0.29, 0.717) is 12.5 Å². The Kier molecular flexibility index (Phi) is 5.34. The van der Waals surface area contributed by atoms with E-state index >= 15 is 0 Å². The summed E-state index contributed by atoms with van der Waals surface area (Å²) < 4.78 is 6.76. The van der Waals surface area contributed by atoms with E-state index in [9.17, 15) is 4.79 Å². The van der Waals surface area contributed by atoms with Crippen molar-refractivity contribution in [3.8, 4) is 23.1 Å². The summed E-state index contributed by atoms with van der Waals surface area (Å²) in [6.07, 6.45) is 7.26. The lowest BCUT2D eigenvalue weighted by molar-refractivity contribution is 0.0828. The van der Waals surface area contributed by atoms with Crippen molar-refractivity contribution in [2.24, 2.45) is 5.92 Å². The minimum atomic E-state index is -0.260. The molecular weight excluding hydrogens is 352 g/mol. The van der Waals surface area contributed by atoms with E-state index in [1.54, 1.807) is 0 Å². The van der Waals surface area contributed by atoms with Gasteiger partial charge in [0.25, 0.3) is 0 Å². The van der Waals surface area contributed by atoms with Crippen molar-refractivity contribution in [3.63, 3.8) is 0 Å². The first kappa shape index (κ1) is 18.5. The van der Waals surface area contributed by atoms with E-state index in [1.165, 1.54) is 20.0 Å². The van der Waals surface area contributed by atoms with Crippen molar-refractivity contribution < 1.29 is 9.53 Å². The Balaban J connectivity index is 1.48. The Morgan fingerprint density at radius 2 is 2.14 bits per heavy atom. The number of carbonyl (C=O) groups is 1. The molecule has 146 valence electrons. The number of benzene rings is 1. The summed E-state index contributed by atoms with van der Waals surface area (Å²) in [7, 11) is 1.43. The minimum Gasteiger partial charge on any atom is -0.453 e. The SMILES string of the molecule is COC(=O)N1CCCCC1Cn1cc(-c2ccc(C#CC3CC3)cc2C)nn1. The summed E-state index contributed by atoms with van der Waals surface area (Å²) in [5.74, 6) is 7.17. The smallest absolute Gasteiger partial charge is 0.409 e. The molecule has 6 nitrogen and oxygen atoms in total. The topological polar surface area (TPSA) is 60.2 Å². The average molecular weight is 378 g/mol. The Morgan fingerprint density at radius 1 is 1.29 bits per heavy atom. The Labute approximate surface area is 165 Å². The molecule has 1 aliphatic heterocycles. The lowest BCUT2D eigenvalue weighted by atomic mass is 10.0. The summed E-state index contributed by atoms with van der Waals surface area (Å²) in [6.45, 7) is 3.45. The Hall–Kier alpha value is -2.81. The van der Waals surface area contributed by atoms with Crippen LogP contribution in [0.4, 0.5) is 4.79 Å². The third-order valence-corrected chi connectivity index (χ3v) is 5.47. The first-order valence-electron chi connectivity index (χ1n) is 10.0. The van der Waals surface area contributed by atoms with Crippen LogP contribution in [0.3, 0.4) is 0 Å². The van der Waals surface area contributed by atoms with Gasteiger partial charge in [0.1, 0.15) is 5.69 Å². The zero-order valence-electron chi connectivity index (χ0n) is 16.5. The lowest BCUT2D eigenvalue weighted by Crippen LogP contribution is -2.45. The van der Waals surface area contributed by atoms with Crippen LogP contribution in [0.5, 0.6) is 0 Å². The number of aryl methyl sites for hydroxylation is 1. The maximum absolute atomic E-state index is 12.0. The lowest BCUT2D eigenvalue weighted by Gasteiger charge is -2.34. The Morgan fingerprint density at radius 3 is 2.89 bits per heavy atom. The van der Waals surface area contributed by atoms with Gasteiger partial charge in [-0.25, -0.2) is 9.48 Å². The highest BCUT2D eigenvalue weighted by atomic mass is 16.5. The fraction of sp³-hybridized carbons (Fsp3) is 0.500. The van der Waals surface area contributed by atoms with E-state index in [0.717, 1.165) is 48.2 Å². The molecule has 1 aromatic heterocycles. The molecule has 0 N–H and O–H groups in total. The van der Waals surface area contributed by atoms with E-state index in [2.05, 4.69) is 47.3 Å². The van der Waals surface area contributed by atoms with Crippen LogP contribution < -0.4 is 0 Å². The van der Waals surface area contributed by atoms with E-state index in [-0.39, 0.29) is 12.1 Å². The molecule has 1 saturated carbocycles. The van der Waals surface area contributed by atoms with Crippen molar-refractivity contribution in [1.82, 2.24) is 19.9 Å². The van der Waals surface area contributed by atoms with Gasteiger partial charge in [0.05, 0.1) is 25.9 Å². The zero-order valence-corrected chi connectivity index (χ0v) is 16.5. The second-order valence-corrected chi connectivity index (χ2v) is 7.71. The number of nitrogens with zero attached hydrogens (tertiary/aromatic N) is 4. The fourth-order valence-electron chi connectivity index (χ4n) is 3.72. The van der Waals surface area contributed by atoms with Gasteiger partial charge in [0.2, 0.25) is 0 Å². The van der Waals surface area contributed by atoms with Crippen molar-refractivity contribution in [1.29, 1.82) is 0 Å². The number of amides is 1. The third-order valence-electron chi connectivity index (χ3n) is 5.47. The van der Waals surface area contributed by atoms with Crippen LogP contribution in [0, 0.1) is 24.7 Å². The number of aromatic nitrogens is 3. The molecule has 1 amide bonds. The summed E-state index contributed by atoms with van der Waals surface area (Å²) in [5.41, 5.74) is 4.11. The molecule has 1 unspecified atom stereocenters. The molecule has 0 bridgehead atoms. The highest BCUT2D eigenvalue weighted by Gasteiger charge is 2.28. The molecule has 6 heteroatoms. The number of ether oxygens (including phenoxy) is 1. The number of rotatable bonds is 3. The molecule has 1 aromatic carbocycles. The summed E-state index contributed by atoms with van der Waals surface area (Å²) in [5, 5.41) is 8.66. The highest BCUT2D eigenvalue weighted by Crippen LogP contribution is 2.28. The molecule has 2 aromatic rings. The van der Waals surface area contributed by atoms with Crippen LogP contribution >= 0.6 is 0 Å². The van der Waals surface area contributed by atoms with E-state index in [4.69, 9.17) is 4.74 Å². The third kappa shape index (κ3) is 4.19. The van der Waals surface area contributed by atoms with Crippen molar-refractivity contribution in [2.45, 2.75) is 51.6 Å². The van der Waals surface area contributed by atoms with Gasteiger partial charge in [0, 0.05) is 23.6 Å². The first-order chi connectivity index (χ1) is 13.6. The molecule has 1 atom stereocenters. The van der Waals surface area contributed by atoms with Crippen LogP contribution in [0.1, 0.15) is 43.2 Å². The van der Waals surface area contributed by atoms with E-state index in [1.807, 2.05) is 15.8 Å². The number of hydrogen-bond acceptors (Lipinski definition) is 4. The zero-order chi connectivity index (χ0) is 19.5. The van der Waals surface area contributed by atoms with Crippen LogP contribution in [0.25, 0.3) is 11.3 Å². The molecule has 4 rings (SSSR count). The predicted octanol–water partition coefficient (Wildman–Crippen LogP) is 3.64. The second kappa shape index (κ2) is 8.05. The monoisotopic (exact) mass is 378 g/mol. The standard InChI is InChI=1S/C22H26N4O2/c1-16-13-18(9-8-17-6-7-17)10-11-20(16)21-15-25(24-23-21)14-19-5-3-4-12-26(19)22(27)28-2/h10-11,13,15,17,19H,3-7,12,14H2,1-2H3. The molecule has 1 aliphatic carbocycles. The van der Waals surface area contributed by atoms with Gasteiger partial charge in [-0.3, -0.25) is 0 Å². The largest absolute Gasteiger partial charge is 0.453 e. The van der Waals surface area contributed by atoms with Crippen molar-refractivity contribution in [3.05, 3.63) is 35.5 Å². The maximum atomic E-state index is 12.0. The van der Waals surface area contributed by atoms with Gasteiger partial charge in [-0.15, -0.1) is 5.10 Å². The number of hydrogen-bond donors (Lipinski definition) is 0. The predicted molar refractivity (Wildman–Crippen MR) is 107 cm³/mol. The van der Waals surface area contributed by atoms with Crippen molar-refractivity contribution in [2.75, 3.05) is 13.7 Å². The van der Waals surface area contributed by atoms with Gasteiger partial charge >= 0.3 is 6.09 Å². The van der Waals surface area contributed by atoms with Crippen molar-refractivity contribution >= 4 is 6.09 Å². The first-order valence-corrected chi connectivity index (χ1v) is 10.0. The van der Waals surface area contributed by atoms with Crippen LogP contribution in [-0.4, -0.2) is 45.7 Å². The summed E-state index contributed by atoms with van der Waals surface area (Å²) in [6, 6.07) is 6.33. The van der Waals surface area contributed by atoms with Gasteiger partial charge in [-0.05, 0) is 56.7 Å². The van der Waals surface area contributed by atoms with E-state index < -0.39 is 0 Å². The Bertz CT molecular complexity index is 920. The molecule has 2 heterocycles. The van der Waals surface area contributed by atoms with Gasteiger partial charge in [-0.2, -0.15) is 0 Å². The van der Waals surface area contributed by atoms with Crippen LogP contribution in [0.15, 0.2) is 24.4 Å². The number of likely N-dealkylation sites (tertiary alicyclic amines) is 1. The molecule has 2 aliphatic rings. The highest BCUT2D eigenvalue weighted by molar-refractivity contribution is 5.68. The molecule has 0 radical (unpaired) electrons. The van der Waals surface area contributed by atoms with Crippen LogP contribution in [0.2, 0.25) is 0 Å². The molecule has 28 heavy (non-hydrogen) atoms. The summed E-state index contributed by atoms with van der Waals surface area (Å²) in [4.78, 5) is 13.8. The second-order valence-electron chi connectivity index (χ2n) is 7.71. The summed E-state index contributed by atoms with van der Waals surface area (Å²) >= 11 is 0. The molecular formula is C22H26N4O2. The van der Waals surface area contributed by atoms with Crippen LogP contribution in [-0.2, 0) is 11.3 Å². The average Bonchev–Trinajstić information content (AvgIpc) is 3.44. The van der Waals surface area contributed by atoms with Gasteiger partial charge < -0.3 is 9.64 Å². The number of methoxy groups -OCH3 is 1. The van der Waals surface area contributed by atoms with Gasteiger partial charge in [-0.1, -0.05) is 23.1 Å². The fourth-order valence-corrected chi connectivity index (χ4v) is 3.72. The quantitative estimate of drug-likeness (QED) is 0.765. The normalized spacial score (nSPS) is 19.1. The number of piperidine rings is 1. The molecule has 2 fully saturated rings. The van der Waals surface area contributed by atoms with Gasteiger partial charge in [0.15, 0.2) is 0 Å². The molecule has 1 saturated heterocycles. The molecule has 0 spiro atoms. The number of carbonyl (C=O) groups excluding carboxylic acids is 1. The maximum Gasteiger partial charge on any atom is 0.409 e.